The molecule has 1 aliphatic carbocycles. The first-order valence-corrected chi connectivity index (χ1v) is 6.36. The molecule has 2 rings (SSSR count). The van der Waals surface area contributed by atoms with Gasteiger partial charge in [0, 0.05) is 24.5 Å². The van der Waals surface area contributed by atoms with Crippen LogP contribution in [0.15, 0.2) is 0 Å². The maximum absolute atomic E-state index is 11.7. The van der Waals surface area contributed by atoms with Crippen molar-refractivity contribution in [1.29, 1.82) is 0 Å². The Bertz CT molecular complexity index is 255. The first-order chi connectivity index (χ1) is 7.60. The van der Waals surface area contributed by atoms with Crippen LogP contribution in [0.5, 0.6) is 0 Å². The molecule has 1 saturated heterocycles. The SMILES string of the molecule is CC1(C(=O)NCCN2CCC(N)CC2)CC1. The standard InChI is InChI=1S/C12H23N3O/c1-12(4-5-12)11(16)14-6-9-15-7-2-10(13)3-8-15/h10H,2-9,13H2,1H3,(H,14,16). The van der Waals surface area contributed by atoms with Crippen LogP contribution in [-0.2, 0) is 4.79 Å². The van der Waals surface area contributed by atoms with Gasteiger partial charge >= 0.3 is 0 Å². The summed E-state index contributed by atoms with van der Waals surface area (Å²) in [7, 11) is 0. The van der Waals surface area contributed by atoms with Gasteiger partial charge in [0.05, 0.1) is 0 Å². The largest absolute Gasteiger partial charge is 0.354 e. The molecule has 0 aromatic rings. The summed E-state index contributed by atoms with van der Waals surface area (Å²) in [6, 6.07) is 0.385. The highest BCUT2D eigenvalue weighted by atomic mass is 16.2. The van der Waals surface area contributed by atoms with E-state index in [0.717, 1.165) is 51.9 Å². The third-order valence-electron chi connectivity index (χ3n) is 3.89. The minimum absolute atomic E-state index is 0.0374. The first-order valence-electron chi connectivity index (χ1n) is 6.36. The molecule has 1 heterocycles. The lowest BCUT2D eigenvalue weighted by molar-refractivity contribution is -0.125. The van der Waals surface area contributed by atoms with E-state index in [1.165, 1.54) is 0 Å². The second-order valence-electron chi connectivity index (χ2n) is 5.50. The summed E-state index contributed by atoms with van der Waals surface area (Å²) in [5.74, 6) is 0.237. The Morgan fingerprint density at radius 2 is 2.06 bits per heavy atom. The smallest absolute Gasteiger partial charge is 0.225 e. The van der Waals surface area contributed by atoms with Gasteiger partial charge in [-0.15, -0.1) is 0 Å². The molecular weight excluding hydrogens is 202 g/mol. The highest BCUT2D eigenvalue weighted by Crippen LogP contribution is 2.44. The van der Waals surface area contributed by atoms with Crippen molar-refractivity contribution < 1.29 is 4.79 Å². The van der Waals surface area contributed by atoms with Gasteiger partial charge in [-0.1, -0.05) is 6.92 Å². The molecule has 16 heavy (non-hydrogen) atoms. The minimum Gasteiger partial charge on any atom is -0.354 e. The van der Waals surface area contributed by atoms with Gasteiger partial charge < -0.3 is 16.0 Å². The second-order valence-corrected chi connectivity index (χ2v) is 5.50. The van der Waals surface area contributed by atoms with Crippen LogP contribution in [0.25, 0.3) is 0 Å². The zero-order valence-corrected chi connectivity index (χ0v) is 10.2. The second kappa shape index (κ2) is 4.72. The number of rotatable bonds is 4. The Morgan fingerprint density at radius 3 is 2.62 bits per heavy atom. The van der Waals surface area contributed by atoms with Crippen molar-refractivity contribution in [3.63, 3.8) is 0 Å². The molecule has 0 atom stereocenters. The molecule has 1 saturated carbocycles. The molecule has 0 radical (unpaired) electrons. The summed E-state index contributed by atoms with van der Waals surface area (Å²) < 4.78 is 0. The normalized spacial score (nSPS) is 25.4. The lowest BCUT2D eigenvalue weighted by Crippen LogP contribution is -2.43. The van der Waals surface area contributed by atoms with E-state index < -0.39 is 0 Å². The van der Waals surface area contributed by atoms with Crippen LogP contribution in [0.4, 0.5) is 0 Å². The Morgan fingerprint density at radius 1 is 1.44 bits per heavy atom. The van der Waals surface area contributed by atoms with Crippen LogP contribution in [0.3, 0.4) is 0 Å². The molecule has 0 aromatic heterocycles. The number of hydrogen-bond acceptors (Lipinski definition) is 3. The monoisotopic (exact) mass is 225 g/mol. The van der Waals surface area contributed by atoms with Gasteiger partial charge in [-0.2, -0.15) is 0 Å². The van der Waals surface area contributed by atoms with Gasteiger partial charge in [0.25, 0.3) is 0 Å². The molecule has 92 valence electrons. The number of nitrogens with zero attached hydrogens (tertiary/aromatic N) is 1. The van der Waals surface area contributed by atoms with E-state index in [-0.39, 0.29) is 11.3 Å². The molecule has 2 fully saturated rings. The van der Waals surface area contributed by atoms with E-state index in [1.807, 2.05) is 6.92 Å². The fourth-order valence-electron chi connectivity index (χ4n) is 2.13. The maximum Gasteiger partial charge on any atom is 0.225 e. The van der Waals surface area contributed by atoms with Crippen LogP contribution in [0, 0.1) is 5.41 Å². The molecule has 0 spiro atoms. The Hall–Kier alpha value is -0.610. The highest BCUT2D eigenvalue weighted by molar-refractivity contribution is 5.84. The van der Waals surface area contributed by atoms with Crippen LogP contribution < -0.4 is 11.1 Å². The summed E-state index contributed by atoms with van der Waals surface area (Å²) in [5.41, 5.74) is 5.81. The molecule has 0 aromatic carbocycles. The van der Waals surface area contributed by atoms with Gasteiger partial charge in [-0.05, 0) is 38.8 Å². The number of nitrogens with one attached hydrogen (secondary N) is 1. The van der Waals surface area contributed by atoms with E-state index in [4.69, 9.17) is 5.73 Å². The molecule has 1 aliphatic heterocycles. The minimum atomic E-state index is -0.0374. The Kier molecular flexibility index (Phi) is 3.50. The lowest BCUT2D eigenvalue weighted by Gasteiger charge is -2.30. The number of likely N-dealkylation sites (tertiary alicyclic amines) is 1. The third kappa shape index (κ3) is 2.95. The Labute approximate surface area is 97.6 Å². The lowest BCUT2D eigenvalue weighted by atomic mass is 10.1. The van der Waals surface area contributed by atoms with Crippen LogP contribution in [0.1, 0.15) is 32.6 Å². The van der Waals surface area contributed by atoms with Crippen molar-refractivity contribution in [1.82, 2.24) is 10.2 Å². The van der Waals surface area contributed by atoms with Gasteiger partial charge in [-0.25, -0.2) is 0 Å². The molecule has 4 heteroatoms. The number of amides is 1. The summed E-state index contributed by atoms with van der Waals surface area (Å²) in [4.78, 5) is 14.1. The first kappa shape index (κ1) is 11.9. The zero-order valence-electron chi connectivity index (χ0n) is 10.2. The number of carbonyl (C=O) groups is 1. The maximum atomic E-state index is 11.7. The third-order valence-corrected chi connectivity index (χ3v) is 3.89. The van der Waals surface area contributed by atoms with E-state index in [1.54, 1.807) is 0 Å². The molecule has 0 unspecified atom stereocenters. The van der Waals surface area contributed by atoms with E-state index in [9.17, 15) is 4.79 Å². The molecule has 2 aliphatic rings. The van der Waals surface area contributed by atoms with Crippen molar-refractivity contribution in [2.45, 2.75) is 38.6 Å². The predicted molar refractivity (Wildman–Crippen MR) is 64.0 cm³/mol. The van der Waals surface area contributed by atoms with Gasteiger partial charge in [0.2, 0.25) is 5.91 Å². The Balaban J connectivity index is 1.59. The van der Waals surface area contributed by atoms with Gasteiger partial charge in [0.15, 0.2) is 0 Å². The van der Waals surface area contributed by atoms with Gasteiger partial charge in [-0.3, -0.25) is 4.79 Å². The summed E-state index contributed by atoms with van der Waals surface area (Å²) in [6.07, 6.45) is 4.28. The molecular formula is C12H23N3O. The number of nitrogens with two attached hydrogens (primary N) is 1. The average Bonchev–Trinajstić information content (AvgIpc) is 3.01. The summed E-state index contributed by atoms with van der Waals surface area (Å²) >= 11 is 0. The fraction of sp³-hybridized carbons (Fsp3) is 0.917. The van der Waals surface area contributed by atoms with E-state index in [0.29, 0.717) is 6.04 Å². The topological polar surface area (TPSA) is 58.4 Å². The highest BCUT2D eigenvalue weighted by Gasteiger charge is 2.44. The van der Waals surface area contributed by atoms with Crippen LogP contribution >= 0.6 is 0 Å². The van der Waals surface area contributed by atoms with Crippen LogP contribution in [0.2, 0.25) is 0 Å². The average molecular weight is 225 g/mol. The summed E-state index contributed by atoms with van der Waals surface area (Å²) in [6.45, 7) is 5.95. The van der Waals surface area contributed by atoms with Crippen molar-refractivity contribution >= 4 is 5.91 Å². The van der Waals surface area contributed by atoms with Crippen molar-refractivity contribution in [2.24, 2.45) is 11.1 Å². The van der Waals surface area contributed by atoms with E-state index in [2.05, 4.69) is 10.2 Å². The predicted octanol–water partition coefficient (Wildman–Crippen LogP) is 0.326. The fourth-order valence-corrected chi connectivity index (χ4v) is 2.13. The number of hydrogen-bond donors (Lipinski definition) is 2. The number of piperidine rings is 1. The van der Waals surface area contributed by atoms with Crippen molar-refractivity contribution in [2.75, 3.05) is 26.2 Å². The number of carbonyl (C=O) groups excluding carboxylic acids is 1. The molecule has 1 amide bonds. The molecule has 0 bridgehead atoms. The summed E-state index contributed by atoms with van der Waals surface area (Å²) in [5, 5.41) is 3.03. The molecule has 4 nitrogen and oxygen atoms in total. The zero-order chi connectivity index (χ0) is 11.6. The quantitative estimate of drug-likeness (QED) is 0.725. The van der Waals surface area contributed by atoms with Crippen molar-refractivity contribution in [3.8, 4) is 0 Å². The van der Waals surface area contributed by atoms with Crippen LogP contribution in [-0.4, -0.2) is 43.0 Å². The molecule has 3 N–H and O–H groups in total. The van der Waals surface area contributed by atoms with E-state index >= 15 is 0 Å². The van der Waals surface area contributed by atoms with Gasteiger partial charge in [0.1, 0.15) is 0 Å². The van der Waals surface area contributed by atoms with Crippen molar-refractivity contribution in [3.05, 3.63) is 0 Å².